The lowest BCUT2D eigenvalue weighted by molar-refractivity contribution is 0.125. The molecule has 2 N–H and O–H groups in total. The summed E-state index contributed by atoms with van der Waals surface area (Å²) in [5.74, 6) is 0.759. The van der Waals surface area contributed by atoms with E-state index in [0.29, 0.717) is 12.6 Å². The average Bonchev–Trinajstić information content (AvgIpc) is 2.19. The van der Waals surface area contributed by atoms with Gasteiger partial charge >= 0.3 is 0 Å². The van der Waals surface area contributed by atoms with E-state index in [9.17, 15) is 0 Å². The summed E-state index contributed by atoms with van der Waals surface area (Å²) in [5, 5.41) is 12.4. The number of nitrogens with zero attached hydrogens (tertiary/aromatic N) is 1. The van der Waals surface area contributed by atoms with E-state index < -0.39 is 0 Å². The fraction of sp³-hybridized carbons (Fsp3) is 1.00. The van der Waals surface area contributed by atoms with Crippen LogP contribution in [0.15, 0.2) is 0 Å². The Balaban J connectivity index is 2.31. The van der Waals surface area contributed by atoms with E-state index in [0.717, 1.165) is 32.1 Å². The van der Waals surface area contributed by atoms with Gasteiger partial charge in [-0.05, 0) is 38.8 Å². The van der Waals surface area contributed by atoms with Crippen LogP contribution in [-0.4, -0.2) is 48.8 Å². The van der Waals surface area contributed by atoms with E-state index in [1.807, 2.05) is 0 Å². The molecule has 0 amide bonds. The predicted molar refractivity (Wildman–Crippen MR) is 59.4 cm³/mol. The number of hydrogen-bond acceptors (Lipinski definition) is 3. The number of β-amino-alcohol motifs (C(OH)–C–C–N with tert-alkyl or cyclic N) is 1. The molecule has 0 radical (unpaired) electrons. The zero-order chi connectivity index (χ0) is 10.4. The van der Waals surface area contributed by atoms with Gasteiger partial charge in [0.2, 0.25) is 0 Å². The van der Waals surface area contributed by atoms with Crippen LogP contribution in [0.1, 0.15) is 26.7 Å². The zero-order valence-electron chi connectivity index (χ0n) is 9.50. The molecule has 0 saturated carbocycles. The number of nitrogens with one attached hydrogen (secondary N) is 1. The van der Waals surface area contributed by atoms with Crippen LogP contribution < -0.4 is 5.32 Å². The second kappa shape index (κ2) is 6.38. The molecule has 14 heavy (non-hydrogen) atoms. The van der Waals surface area contributed by atoms with Crippen LogP contribution in [0.5, 0.6) is 0 Å². The van der Waals surface area contributed by atoms with Crippen LogP contribution >= 0.6 is 0 Å². The van der Waals surface area contributed by atoms with Crippen LogP contribution in [0.2, 0.25) is 0 Å². The summed E-state index contributed by atoms with van der Waals surface area (Å²) in [6.45, 7) is 8.93. The first-order valence-corrected chi connectivity index (χ1v) is 5.84. The first-order chi connectivity index (χ1) is 6.77. The third kappa shape index (κ3) is 3.56. The van der Waals surface area contributed by atoms with E-state index >= 15 is 0 Å². The molecular weight excluding hydrogens is 176 g/mol. The molecule has 2 unspecified atom stereocenters. The SMILES string of the molecule is CCNC(C)C1CCCN(CCO)C1. The maximum atomic E-state index is 8.89. The second-order valence-electron chi connectivity index (χ2n) is 4.27. The van der Waals surface area contributed by atoms with Crippen LogP contribution in [-0.2, 0) is 0 Å². The summed E-state index contributed by atoms with van der Waals surface area (Å²) in [7, 11) is 0. The molecule has 0 aromatic heterocycles. The Kier molecular flexibility index (Phi) is 5.45. The van der Waals surface area contributed by atoms with Crippen LogP contribution in [0.25, 0.3) is 0 Å². The number of hydrogen-bond donors (Lipinski definition) is 2. The maximum Gasteiger partial charge on any atom is 0.0558 e. The van der Waals surface area contributed by atoms with E-state index in [1.165, 1.54) is 12.8 Å². The Morgan fingerprint density at radius 1 is 1.57 bits per heavy atom. The topological polar surface area (TPSA) is 35.5 Å². The van der Waals surface area contributed by atoms with Gasteiger partial charge in [-0.2, -0.15) is 0 Å². The predicted octanol–water partition coefficient (Wildman–Crippen LogP) is 0.689. The molecule has 1 fully saturated rings. The standard InChI is InChI=1S/C11H24N2O/c1-3-12-10(2)11-5-4-6-13(9-11)7-8-14/h10-12,14H,3-9H2,1-2H3. The van der Waals surface area contributed by atoms with Crippen molar-refractivity contribution in [3.63, 3.8) is 0 Å². The fourth-order valence-electron chi connectivity index (χ4n) is 2.33. The summed E-state index contributed by atoms with van der Waals surface area (Å²) in [6, 6.07) is 0.612. The molecule has 84 valence electrons. The van der Waals surface area contributed by atoms with Crippen LogP contribution in [0, 0.1) is 5.92 Å². The van der Waals surface area contributed by atoms with Gasteiger partial charge in [-0.1, -0.05) is 6.92 Å². The summed E-state index contributed by atoms with van der Waals surface area (Å²) in [6.07, 6.45) is 2.61. The Morgan fingerprint density at radius 2 is 2.36 bits per heavy atom. The molecule has 2 atom stereocenters. The van der Waals surface area contributed by atoms with Crippen molar-refractivity contribution in [2.24, 2.45) is 5.92 Å². The Morgan fingerprint density at radius 3 is 3.00 bits per heavy atom. The Hall–Kier alpha value is -0.120. The Bertz CT molecular complexity index is 146. The first kappa shape index (κ1) is 12.0. The summed E-state index contributed by atoms with van der Waals surface area (Å²) >= 11 is 0. The minimum Gasteiger partial charge on any atom is -0.395 e. The molecule has 0 aromatic carbocycles. The Labute approximate surface area is 87.5 Å². The van der Waals surface area contributed by atoms with E-state index in [1.54, 1.807) is 0 Å². The van der Waals surface area contributed by atoms with Gasteiger partial charge in [0.25, 0.3) is 0 Å². The van der Waals surface area contributed by atoms with Crippen molar-refractivity contribution in [1.29, 1.82) is 0 Å². The third-order valence-electron chi connectivity index (χ3n) is 3.19. The number of piperidine rings is 1. The summed E-state index contributed by atoms with van der Waals surface area (Å²) in [5.41, 5.74) is 0. The summed E-state index contributed by atoms with van der Waals surface area (Å²) < 4.78 is 0. The highest BCUT2D eigenvalue weighted by Crippen LogP contribution is 2.19. The summed E-state index contributed by atoms with van der Waals surface area (Å²) in [4.78, 5) is 2.38. The molecule has 0 spiro atoms. The van der Waals surface area contributed by atoms with Crippen molar-refractivity contribution in [1.82, 2.24) is 10.2 Å². The van der Waals surface area contributed by atoms with Crippen molar-refractivity contribution in [3.05, 3.63) is 0 Å². The van der Waals surface area contributed by atoms with Gasteiger partial charge in [0.15, 0.2) is 0 Å². The van der Waals surface area contributed by atoms with Gasteiger partial charge in [-0.15, -0.1) is 0 Å². The van der Waals surface area contributed by atoms with Gasteiger partial charge in [0.1, 0.15) is 0 Å². The van der Waals surface area contributed by atoms with Gasteiger partial charge in [-0.25, -0.2) is 0 Å². The smallest absolute Gasteiger partial charge is 0.0558 e. The second-order valence-corrected chi connectivity index (χ2v) is 4.27. The molecule has 1 saturated heterocycles. The van der Waals surface area contributed by atoms with Crippen molar-refractivity contribution >= 4 is 0 Å². The molecule has 0 bridgehead atoms. The number of aliphatic hydroxyl groups is 1. The molecule has 1 heterocycles. The monoisotopic (exact) mass is 200 g/mol. The lowest BCUT2D eigenvalue weighted by Gasteiger charge is -2.35. The number of aliphatic hydroxyl groups excluding tert-OH is 1. The largest absolute Gasteiger partial charge is 0.395 e. The number of likely N-dealkylation sites (tertiary alicyclic amines) is 1. The highest BCUT2D eigenvalue weighted by molar-refractivity contribution is 4.79. The van der Waals surface area contributed by atoms with Gasteiger partial charge < -0.3 is 15.3 Å². The zero-order valence-corrected chi connectivity index (χ0v) is 9.50. The average molecular weight is 200 g/mol. The molecule has 0 aliphatic carbocycles. The quantitative estimate of drug-likeness (QED) is 0.685. The molecule has 1 aliphatic rings. The highest BCUT2D eigenvalue weighted by atomic mass is 16.3. The van der Waals surface area contributed by atoms with Gasteiger partial charge in [0, 0.05) is 19.1 Å². The lowest BCUT2D eigenvalue weighted by atomic mass is 9.91. The van der Waals surface area contributed by atoms with Crippen LogP contribution in [0.3, 0.4) is 0 Å². The third-order valence-corrected chi connectivity index (χ3v) is 3.19. The maximum absolute atomic E-state index is 8.89. The molecule has 3 heteroatoms. The van der Waals surface area contributed by atoms with Crippen molar-refractivity contribution in [2.75, 3.05) is 32.8 Å². The molecule has 1 rings (SSSR count). The van der Waals surface area contributed by atoms with Crippen molar-refractivity contribution < 1.29 is 5.11 Å². The number of rotatable bonds is 5. The molecule has 1 aliphatic heterocycles. The fourth-order valence-corrected chi connectivity index (χ4v) is 2.33. The lowest BCUT2D eigenvalue weighted by Crippen LogP contribution is -2.45. The van der Waals surface area contributed by atoms with E-state index in [-0.39, 0.29) is 0 Å². The highest BCUT2D eigenvalue weighted by Gasteiger charge is 2.23. The molecular formula is C11H24N2O. The minimum atomic E-state index is 0.294. The first-order valence-electron chi connectivity index (χ1n) is 5.84. The van der Waals surface area contributed by atoms with Crippen molar-refractivity contribution in [3.8, 4) is 0 Å². The van der Waals surface area contributed by atoms with E-state index in [2.05, 4.69) is 24.1 Å². The van der Waals surface area contributed by atoms with Gasteiger partial charge in [0.05, 0.1) is 6.61 Å². The molecule has 0 aromatic rings. The van der Waals surface area contributed by atoms with Gasteiger partial charge in [-0.3, -0.25) is 0 Å². The van der Waals surface area contributed by atoms with Crippen molar-refractivity contribution in [2.45, 2.75) is 32.7 Å². The normalized spacial score (nSPS) is 26.4. The van der Waals surface area contributed by atoms with E-state index in [4.69, 9.17) is 5.11 Å². The van der Waals surface area contributed by atoms with Crippen LogP contribution in [0.4, 0.5) is 0 Å². The molecule has 3 nitrogen and oxygen atoms in total. The minimum absolute atomic E-state index is 0.294.